The number of carbonyl (C=O) groups excluding carboxylic acids is 2. The van der Waals surface area contributed by atoms with Crippen LogP contribution in [0.1, 0.15) is 0 Å². The summed E-state index contributed by atoms with van der Waals surface area (Å²) in [4.78, 5) is 26.3. The Morgan fingerprint density at radius 1 is 1.15 bits per heavy atom. The van der Waals surface area contributed by atoms with Crippen LogP contribution >= 0.6 is 11.6 Å². The lowest BCUT2D eigenvalue weighted by Crippen LogP contribution is -2.60. The number of ether oxygens (including phenoxy) is 1. The number of carbonyl (C=O) groups is 2. The van der Waals surface area contributed by atoms with Crippen molar-refractivity contribution >= 4 is 33.4 Å². The maximum Gasteiger partial charge on any atom is 0.244 e. The predicted molar refractivity (Wildman–Crippen MR) is 120 cm³/mol. The number of amides is 2. The second kappa shape index (κ2) is 10.2. The van der Waals surface area contributed by atoms with Crippen LogP contribution in [0.3, 0.4) is 0 Å². The summed E-state index contributed by atoms with van der Waals surface area (Å²) in [6, 6.07) is 5.61. The topological polar surface area (TPSA) is 113 Å². The van der Waals surface area contributed by atoms with Gasteiger partial charge in [-0.2, -0.15) is 4.31 Å². The van der Waals surface area contributed by atoms with E-state index in [9.17, 15) is 26.8 Å². The number of benzene rings is 2. The van der Waals surface area contributed by atoms with E-state index >= 15 is 0 Å². The SMILES string of the molecule is CN(C)C(=O)CN1CCN(S(=O)(=O)c2cc(F)c(Oc3ccc(Cl)cc3)c(F)c2)[C@@H](C(N)=O)C1. The standard InChI is InChI=1S/C21H23ClF2N4O5S/c1-26(2)19(29)12-27-7-8-28(18(11-27)21(25)30)34(31,32)15-9-16(23)20(17(24)10-15)33-14-5-3-13(22)4-6-14/h3-6,9-10,18H,7-8,11-12H2,1-2H3,(H2,25,30)/t18-/m1/s1. The van der Waals surface area contributed by atoms with Gasteiger partial charge in [0, 0.05) is 38.8 Å². The molecule has 0 aliphatic carbocycles. The Morgan fingerprint density at radius 3 is 2.26 bits per heavy atom. The molecule has 13 heteroatoms. The summed E-state index contributed by atoms with van der Waals surface area (Å²) in [6.45, 7) is -0.268. The minimum atomic E-state index is -4.51. The minimum absolute atomic E-state index is 0.0370. The molecule has 1 fully saturated rings. The molecule has 1 aliphatic heterocycles. The number of halogens is 3. The summed E-state index contributed by atoms with van der Waals surface area (Å²) < 4.78 is 61.8. The summed E-state index contributed by atoms with van der Waals surface area (Å²) in [5.74, 6) is -4.39. The lowest BCUT2D eigenvalue weighted by Gasteiger charge is -2.38. The monoisotopic (exact) mass is 516 g/mol. The van der Waals surface area contributed by atoms with Gasteiger partial charge < -0.3 is 15.4 Å². The van der Waals surface area contributed by atoms with Crippen LogP contribution in [0, 0.1) is 11.6 Å². The van der Waals surface area contributed by atoms with Crippen molar-refractivity contribution in [1.82, 2.24) is 14.1 Å². The molecule has 2 N–H and O–H groups in total. The zero-order valence-corrected chi connectivity index (χ0v) is 19.9. The molecule has 0 radical (unpaired) electrons. The van der Waals surface area contributed by atoms with E-state index in [0.29, 0.717) is 17.2 Å². The van der Waals surface area contributed by atoms with Crippen LogP contribution in [0.5, 0.6) is 11.5 Å². The Bertz CT molecular complexity index is 1170. The largest absolute Gasteiger partial charge is 0.451 e. The zero-order valence-electron chi connectivity index (χ0n) is 18.4. The van der Waals surface area contributed by atoms with Gasteiger partial charge in [-0.3, -0.25) is 14.5 Å². The second-order valence-corrected chi connectivity index (χ2v) is 10.2. The first-order valence-electron chi connectivity index (χ1n) is 10.1. The smallest absolute Gasteiger partial charge is 0.244 e. The molecule has 0 unspecified atom stereocenters. The Kier molecular flexibility index (Phi) is 7.76. The average molecular weight is 517 g/mol. The van der Waals surface area contributed by atoms with E-state index < -0.39 is 44.3 Å². The number of rotatable bonds is 7. The fourth-order valence-corrected chi connectivity index (χ4v) is 5.09. The van der Waals surface area contributed by atoms with Crippen molar-refractivity contribution in [3.63, 3.8) is 0 Å². The molecule has 1 atom stereocenters. The first-order valence-corrected chi connectivity index (χ1v) is 11.9. The van der Waals surface area contributed by atoms with Crippen molar-refractivity contribution in [2.24, 2.45) is 5.73 Å². The van der Waals surface area contributed by atoms with Gasteiger partial charge in [-0.15, -0.1) is 0 Å². The molecule has 0 saturated carbocycles. The van der Waals surface area contributed by atoms with Gasteiger partial charge >= 0.3 is 0 Å². The number of primary amides is 1. The van der Waals surface area contributed by atoms with E-state index in [1.807, 2.05) is 0 Å². The molecule has 2 aromatic rings. The Labute approximate surface area is 200 Å². The van der Waals surface area contributed by atoms with E-state index in [1.165, 1.54) is 29.2 Å². The highest BCUT2D eigenvalue weighted by atomic mass is 35.5. The van der Waals surface area contributed by atoms with Crippen molar-refractivity contribution < 1.29 is 31.5 Å². The third kappa shape index (κ3) is 5.63. The van der Waals surface area contributed by atoms with Crippen LogP contribution in [0.2, 0.25) is 5.02 Å². The molecule has 2 amide bonds. The van der Waals surface area contributed by atoms with Gasteiger partial charge in [0.2, 0.25) is 21.8 Å². The number of nitrogens with zero attached hydrogens (tertiary/aromatic N) is 3. The molecule has 0 bridgehead atoms. The molecule has 0 aromatic heterocycles. The van der Waals surface area contributed by atoms with Crippen molar-refractivity contribution in [3.8, 4) is 11.5 Å². The Morgan fingerprint density at radius 2 is 1.74 bits per heavy atom. The molecule has 34 heavy (non-hydrogen) atoms. The molecular formula is C21H23ClF2N4O5S. The predicted octanol–water partition coefficient (Wildman–Crippen LogP) is 1.66. The van der Waals surface area contributed by atoms with Crippen molar-refractivity contribution in [3.05, 3.63) is 53.1 Å². The molecule has 1 aliphatic rings. The third-order valence-electron chi connectivity index (χ3n) is 5.21. The number of likely N-dealkylation sites (N-methyl/N-ethyl adjacent to an activating group) is 1. The van der Waals surface area contributed by atoms with E-state index in [1.54, 1.807) is 19.0 Å². The zero-order chi connectivity index (χ0) is 25.2. The van der Waals surface area contributed by atoms with Gasteiger partial charge in [0.25, 0.3) is 0 Å². The van der Waals surface area contributed by atoms with Crippen LogP contribution in [0.25, 0.3) is 0 Å². The molecule has 1 saturated heterocycles. The van der Waals surface area contributed by atoms with Gasteiger partial charge in [-0.25, -0.2) is 17.2 Å². The Balaban J connectivity index is 1.86. The van der Waals surface area contributed by atoms with Crippen molar-refractivity contribution in [2.45, 2.75) is 10.9 Å². The quantitative estimate of drug-likeness (QED) is 0.599. The summed E-state index contributed by atoms with van der Waals surface area (Å²) >= 11 is 5.77. The molecule has 0 spiro atoms. The maximum absolute atomic E-state index is 14.7. The van der Waals surface area contributed by atoms with E-state index in [0.717, 1.165) is 4.31 Å². The average Bonchev–Trinajstić information content (AvgIpc) is 2.77. The van der Waals surface area contributed by atoms with E-state index in [4.69, 9.17) is 22.1 Å². The number of piperazine rings is 1. The van der Waals surface area contributed by atoms with Crippen LogP contribution in [0.15, 0.2) is 41.3 Å². The molecule has 1 heterocycles. The minimum Gasteiger partial charge on any atom is -0.451 e. The second-order valence-electron chi connectivity index (χ2n) is 7.83. The first-order chi connectivity index (χ1) is 15.9. The van der Waals surface area contributed by atoms with Gasteiger partial charge in [-0.1, -0.05) is 11.6 Å². The van der Waals surface area contributed by atoms with Gasteiger partial charge in [0.15, 0.2) is 17.4 Å². The molecule has 184 valence electrons. The normalized spacial score (nSPS) is 17.4. The third-order valence-corrected chi connectivity index (χ3v) is 7.35. The van der Waals surface area contributed by atoms with Crippen molar-refractivity contribution in [1.29, 1.82) is 0 Å². The molecule has 3 rings (SSSR count). The van der Waals surface area contributed by atoms with Crippen molar-refractivity contribution in [2.75, 3.05) is 40.3 Å². The maximum atomic E-state index is 14.7. The van der Waals surface area contributed by atoms with Crippen LogP contribution in [0.4, 0.5) is 8.78 Å². The van der Waals surface area contributed by atoms with Gasteiger partial charge in [0.05, 0.1) is 11.4 Å². The highest BCUT2D eigenvalue weighted by Gasteiger charge is 2.40. The van der Waals surface area contributed by atoms with E-state index in [-0.39, 0.29) is 37.8 Å². The summed E-state index contributed by atoms with van der Waals surface area (Å²) in [7, 11) is -1.37. The van der Waals surface area contributed by atoms with Gasteiger partial charge in [0.1, 0.15) is 11.8 Å². The lowest BCUT2D eigenvalue weighted by molar-refractivity contribution is -0.132. The van der Waals surface area contributed by atoms with Crippen LogP contribution < -0.4 is 10.5 Å². The number of hydrogen-bond donors (Lipinski definition) is 1. The molecular weight excluding hydrogens is 494 g/mol. The van der Waals surface area contributed by atoms with Crippen LogP contribution in [-0.2, 0) is 19.6 Å². The fraction of sp³-hybridized carbons (Fsp3) is 0.333. The first kappa shape index (κ1) is 25.8. The van der Waals surface area contributed by atoms with Gasteiger partial charge in [-0.05, 0) is 36.4 Å². The van der Waals surface area contributed by atoms with Crippen LogP contribution in [-0.4, -0.2) is 80.7 Å². The fourth-order valence-electron chi connectivity index (χ4n) is 3.36. The number of nitrogens with two attached hydrogens (primary N) is 1. The lowest BCUT2D eigenvalue weighted by atomic mass is 10.2. The highest BCUT2D eigenvalue weighted by Crippen LogP contribution is 2.32. The summed E-state index contributed by atoms with van der Waals surface area (Å²) in [5.41, 5.74) is 5.42. The summed E-state index contributed by atoms with van der Waals surface area (Å²) in [6.07, 6.45) is 0. The highest BCUT2D eigenvalue weighted by molar-refractivity contribution is 7.89. The number of sulfonamides is 1. The number of hydrogen-bond acceptors (Lipinski definition) is 6. The summed E-state index contributed by atoms with van der Waals surface area (Å²) in [5, 5.41) is 0.393. The molecule has 9 nitrogen and oxygen atoms in total. The van der Waals surface area contributed by atoms with E-state index in [2.05, 4.69) is 0 Å². The Hall–Kier alpha value is -2.80. The molecule has 2 aromatic carbocycles.